The van der Waals surface area contributed by atoms with Crippen LogP contribution in [0.3, 0.4) is 0 Å². The molecule has 2 amide bonds. The summed E-state index contributed by atoms with van der Waals surface area (Å²) in [7, 11) is 0. The summed E-state index contributed by atoms with van der Waals surface area (Å²) in [6, 6.07) is 7.13. The van der Waals surface area contributed by atoms with Crippen molar-refractivity contribution in [3.05, 3.63) is 35.9 Å². The third-order valence-electron chi connectivity index (χ3n) is 4.29. The quantitative estimate of drug-likeness (QED) is 0.712. The van der Waals surface area contributed by atoms with Crippen molar-refractivity contribution in [3.63, 3.8) is 0 Å². The zero-order chi connectivity index (χ0) is 17.5. The smallest absolute Gasteiger partial charge is 0.330 e. The van der Waals surface area contributed by atoms with Gasteiger partial charge in [-0.3, -0.25) is 9.59 Å². The number of amides is 2. The van der Waals surface area contributed by atoms with Gasteiger partial charge in [-0.2, -0.15) is 0 Å². The highest BCUT2D eigenvalue weighted by molar-refractivity contribution is 5.85. The summed E-state index contributed by atoms with van der Waals surface area (Å²) in [5.74, 6) is -1.47. The number of nitrogens with one attached hydrogen (secondary N) is 2. The van der Waals surface area contributed by atoms with Gasteiger partial charge in [0.05, 0.1) is 0 Å². The van der Waals surface area contributed by atoms with Crippen LogP contribution in [-0.4, -0.2) is 28.9 Å². The van der Waals surface area contributed by atoms with Crippen molar-refractivity contribution in [1.29, 1.82) is 0 Å². The molecule has 1 fully saturated rings. The lowest BCUT2D eigenvalue weighted by Crippen LogP contribution is -2.41. The summed E-state index contributed by atoms with van der Waals surface area (Å²) in [5, 5.41) is 14.7. The Morgan fingerprint density at radius 2 is 1.75 bits per heavy atom. The molecular weight excluding hydrogens is 308 g/mol. The Hall–Kier alpha value is -2.37. The molecule has 0 bridgehead atoms. The minimum absolute atomic E-state index is 0.00866. The molecule has 1 aromatic carbocycles. The Labute approximate surface area is 141 Å². The van der Waals surface area contributed by atoms with Crippen LogP contribution in [0.4, 0.5) is 0 Å². The predicted molar refractivity (Wildman–Crippen MR) is 89.1 cm³/mol. The van der Waals surface area contributed by atoms with Crippen molar-refractivity contribution in [2.75, 3.05) is 0 Å². The first-order chi connectivity index (χ1) is 11.5. The molecule has 1 aliphatic rings. The molecule has 1 aromatic rings. The number of carbonyl (C=O) groups excluding carboxylic acids is 2. The maximum Gasteiger partial charge on any atom is 0.330 e. The summed E-state index contributed by atoms with van der Waals surface area (Å²) in [6.45, 7) is 1.75. The fraction of sp³-hybridized carbons (Fsp3) is 0.500. The Bertz CT molecular complexity index is 582. The average Bonchev–Trinajstić information content (AvgIpc) is 3.07. The molecule has 0 spiro atoms. The van der Waals surface area contributed by atoms with Gasteiger partial charge in [-0.25, -0.2) is 4.79 Å². The van der Waals surface area contributed by atoms with Crippen LogP contribution in [0.25, 0.3) is 0 Å². The summed E-state index contributed by atoms with van der Waals surface area (Å²) in [5.41, 5.74) is 0.515. The van der Waals surface area contributed by atoms with Crippen molar-refractivity contribution >= 4 is 17.8 Å². The molecule has 0 heterocycles. The number of hydrogen-bond acceptors (Lipinski definition) is 3. The van der Waals surface area contributed by atoms with Gasteiger partial charge in [-0.1, -0.05) is 43.2 Å². The highest BCUT2D eigenvalue weighted by Gasteiger charge is 2.26. The van der Waals surface area contributed by atoms with E-state index >= 15 is 0 Å². The Balaban J connectivity index is 1.86. The van der Waals surface area contributed by atoms with E-state index < -0.39 is 17.9 Å². The predicted octanol–water partition coefficient (Wildman–Crippen LogP) is 2.01. The molecular formula is C18H24N2O4. The molecule has 0 saturated heterocycles. The van der Waals surface area contributed by atoms with Crippen LogP contribution in [0.5, 0.6) is 0 Å². The van der Waals surface area contributed by atoms with Gasteiger partial charge in [0.15, 0.2) is 6.04 Å². The van der Waals surface area contributed by atoms with Crippen molar-refractivity contribution in [2.24, 2.45) is 5.92 Å². The fourth-order valence-electron chi connectivity index (χ4n) is 3.03. The molecule has 0 aromatic heterocycles. The molecule has 2 atom stereocenters. The number of hydrogen-bond donors (Lipinski definition) is 3. The van der Waals surface area contributed by atoms with Gasteiger partial charge >= 0.3 is 5.97 Å². The highest BCUT2D eigenvalue weighted by Crippen LogP contribution is 2.24. The molecule has 24 heavy (non-hydrogen) atoms. The molecule has 1 unspecified atom stereocenters. The Morgan fingerprint density at radius 1 is 1.12 bits per heavy atom. The van der Waals surface area contributed by atoms with E-state index in [-0.39, 0.29) is 24.3 Å². The third kappa shape index (κ3) is 5.08. The van der Waals surface area contributed by atoms with Crippen molar-refractivity contribution in [1.82, 2.24) is 10.6 Å². The number of carbonyl (C=O) groups is 3. The second-order valence-electron chi connectivity index (χ2n) is 6.34. The molecule has 2 rings (SSSR count). The van der Waals surface area contributed by atoms with E-state index in [9.17, 15) is 19.5 Å². The number of carboxylic acids is 1. The van der Waals surface area contributed by atoms with E-state index in [1.807, 2.05) is 0 Å². The maximum absolute atomic E-state index is 12.1. The van der Waals surface area contributed by atoms with Gasteiger partial charge in [0, 0.05) is 18.4 Å². The van der Waals surface area contributed by atoms with Crippen molar-refractivity contribution in [3.8, 4) is 0 Å². The van der Waals surface area contributed by atoms with Crippen molar-refractivity contribution < 1.29 is 19.5 Å². The van der Waals surface area contributed by atoms with E-state index in [2.05, 4.69) is 10.6 Å². The summed E-state index contributed by atoms with van der Waals surface area (Å²) in [4.78, 5) is 35.6. The van der Waals surface area contributed by atoms with E-state index in [0.717, 1.165) is 25.7 Å². The summed E-state index contributed by atoms with van der Waals surface area (Å²) >= 11 is 0. The molecule has 130 valence electrons. The number of aliphatic carboxylic acids is 1. The molecule has 3 N–H and O–H groups in total. The van der Waals surface area contributed by atoms with Crippen LogP contribution < -0.4 is 10.6 Å². The molecule has 1 saturated carbocycles. The molecule has 0 radical (unpaired) electrons. The zero-order valence-corrected chi connectivity index (χ0v) is 13.8. The van der Waals surface area contributed by atoms with Gasteiger partial charge in [-0.05, 0) is 25.3 Å². The van der Waals surface area contributed by atoms with Gasteiger partial charge in [0.2, 0.25) is 11.8 Å². The second kappa shape index (κ2) is 8.47. The first-order valence-corrected chi connectivity index (χ1v) is 8.35. The first kappa shape index (κ1) is 18.0. The van der Waals surface area contributed by atoms with Crippen LogP contribution in [-0.2, 0) is 14.4 Å². The number of rotatable bonds is 7. The topological polar surface area (TPSA) is 95.5 Å². The normalized spacial score (nSPS) is 17.0. The lowest BCUT2D eigenvalue weighted by atomic mass is 10.1. The van der Waals surface area contributed by atoms with Crippen LogP contribution >= 0.6 is 0 Å². The van der Waals surface area contributed by atoms with Crippen LogP contribution in [0, 0.1) is 5.92 Å². The Morgan fingerprint density at radius 3 is 2.33 bits per heavy atom. The standard InChI is InChI=1S/C18H24N2O4/c1-12(19-17(22)14-9-5-6-10-14)11-15(21)20-16(18(23)24)13-7-3-2-4-8-13/h2-4,7-8,12,14,16H,5-6,9-11H2,1H3,(H,19,22)(H,20,21)(H,23,24)/t12?,16-/m1/s1. The highest BCUT2D eigenvalue weighted by atomic mass is 16.4. The minimum atomic E-state index is -1.11. The van der Waals surface area contributed by atoms with Crippen LogP contribution in [0.2, 0.25) is 0 Å². The van der Waals surface area contributed by atoms with Gasteiger partial charge in [0.1, 0.15) is 0 Å². The van der Waals surface area contributed by atoms with E-state index in [1.165, 1.54) is 0 Å². The van der Waals surface area contributed by atoms with Crippen LogP contribution in [0.1, 0.15) is 50.6 Å². The maximum atomic E-state index is 12.1. The fourth-order valence-corrected chi connectivity index (χ4v) is 3.03. The van der Waals surface area contributed by atoms with Gasteiger partial charge in [-0.15, -0.1) is 0 Å². The van der Waals surface area contributed by atoms with E-state index in [0.29, 0.717) is 5.56 Å². The van der Waals surface area contributed by atoms with Gasteiger partial charge in [0.25, 0.3) is 0 Å². The first-order valence-electron chi connectivity index (χ1n) is 8.35. The SMILES string of the molecule is CC(CC(=O)N[C@@H](C(=O)O)c1ccccc1)NC(=O)C1CCCC1. The molecule has 6 nitrogen and oxygen atoms in total. The van der Waals surface area contributed by atoms with Crippen molar-refractivity contribution in [2.45, 2.75) is 51.1 Å². The minimum Gasteiger partial charge on any atom is -0.479 e. The largest absolute Gasteiger partial charge is 0.479 e. The zero-order valence-electron chi connectivity index (χ0n) is 13.8. The molecule has 0 aliphatic heterocycles. The number of carboxylic acid groups (broad SMARTS) is 1. The van der Waals surface area contributed by atoms with Crippen LogP contribution in [0.15, 0.2) is 30.3 Å². The average molecular weight is 332 g/mol. The third-order valence-corrected chi connectivity index (χ3v) is 4.29. The van der Waals surface area contributed by atoms with E-state index in [1.54, 1.807) is 37.3 Å². The Kier molecular flexibility index (Phi) is 6.35. The lowest BCUT2D eigenvalue weighted by molar-refractivity contribution is -0.142. The monoisotopic (exact) mass is 332 g/mol. The second-order valence-corrected chi connectivity index (χ2v) is 6.34. The molecule has 1 aliphatic carbocycles. The van der Waals surface area contributed by atoms with Gasteiger partial charge < -0.3 is 15.7 Å². The molecule has 6 heteroatoms. The summed E-state index contributed by atoms with van der Waals surface area (Å²) in [6.07, 6.45) is 4.00. The van der Waals surface area contributed by atoms with E-state index in [4.69, 9.17) is 0 Å². The lowest BCUT2D eigenvalue weighted by Gasteiger charge is -2.19. The number of benzene rings is 1. The summed E-state index contributed by atoms with van der Waals surface area (Å²) < 4.78 is 0.